The molecule has 30 heavy (non-hydrogen) atoms. The first-order chi connectivity index (χ1) is 14.2. The quantitative estimate of drug-likeness (QED) is 0.405. The molecule has 0 N–H and O–H groups in total. The SMILES string of the molecule is CC=C(C)[C@H]1CCCC2C1(C)CCC1[C@H]3CC[C@](C)(CC)CCC3(CC)CC[C@]12C. The van der Waals surface area contributed by atoms with Gasteiger partial charge < -0.3 is 0 Å². The van der Waals surface area contributed by atoms with Gasteiger partial charge in [0.15, 0.2) is 0 Å². The van der Waals surface area contributed by atoms with Crippen LogP contribution in [0, 0.1) is 45.3 Å². The van der Waals surface area contributed by atoms with Crippen LogP contribution in [-0.4, -0.2) is 0 Å². The number of hydrogen-bond donors (Lipinski definition) is 0. The number of fused-ring (bicyclic) bond motifs is 5. The molecule has 172 valence electrons. The van der Waals surface area contributed by atoms with Crippen LogP contribution in [0.1, 0.15) is 132 Å². The number of rotatable bonds is 3. The predicted octanol–water partition coefficient (Wildman–Crippen LogP) is 9.59. The molecule has 0 aromatic rings. The van der Waals surface area contributed by atoms with Crippen LogP contribution in [0.4, 0.5) is 0 Å². The highest BCUT2D eigenvalue weighted by molar-refractivity contribution is 5.17. The van der Waals surface area contributed by atoms with E-state index in [-0.39, 0.29) is 0 Å². The van der Waals surface area contributed by atoms with Gasteiger partial charge in [0.2, 0.25) is 0 Å². The van der Waals surface area contributed by atoms with Gasteiger partial charge in [0.1, 0.15) is 0 Å². The van der Waals surface area contributed by atoms with Crippen LogP contribution < -0.4 is 0 Å². The Kier molecular flexibility index (Phi) is 6.07. The summed E-state index contributed by atoms with van der Waals surface area (Å²) in [7, 11) is 0. The molecule has 4 aliphatic rings. The van der Waals surface area contributed by atoms with Gasteiger partial charge in [-0.1, -0.05) is 65.5 Å². The minimum atomic E-state index is 0.551. The third-order valence-electron chi connectivity index (χ3n) is 12.5. The predicted molar refractivity (Wildman–Crippen MR) is 132 cm³/mol. The first-order valence-electron chi connectivity index (χ1n) is 13.8. The highest BCUT2D eigenvalue weighted by Crippen LogP contribution is 2.71. The normalized spacial score (nSPS) is 52.0. The lowest BCUT2D eigenvalue weighted by Gasteiger charge is -2.67. The van der Waals surface area contributed by atoms with E-state index in [0.29, 0.717) is 21.7 Å². The molecule has 0 spiro atoms. The summed E-state index contributed by atoms with van der Waals surface area (Å²) in [6, 6.07) is 0. The fourth-order valence-electron chi connectivity index (χ4n) is 9.98. The van der Waals surface area contributed by atoms with Crippen molar-refractivity contribution in [2.24, 2.45) is 45.3 Å². The fraction of sp³-hybridized carbons (Fsp3) is 0.933. The molecule has 0 saturated heterocycles. The van der Waals surface area contributed by atoms with Crippen molar-refractivity contribution in [1.29, 1.82) is 0 Å². The summed E-state index contributed by atoms with van der Waals surface area (Å²) >= 11 is 0. The molecule has 4 fully saturated rings. The van der Waals surface area contributed by atoms with Gasteiger partial charge in [-0.2, -0.15) is 0 Å². The summed E-state index contributed by atoms with van der Waals surface area (Å²) in [4.78, 5) is 0. The molecule has 0 nitrogen and oxygen atoms in total. The van der Waals surface area contributed by atoms with Crippen molar-refractivity contribution in [2.75, 3.05) is 0 Å². The zero-order valence-electron chi connectivity index (χ0n) is 21.6. The number of allylic oxidation sites excluding steroid dienone is 2. The minimum absolute atomic E-state index is 0.551. The maximum absolute atomic E-state index is 2.79. The topological polar surface area (TPSA) is 0 Å². The highest BCUT2D eigenvalue weighted by Gasteiger charge is 2.63. The van der Waals surface area contributed by atoms with E-state index in [4.69, 9.17) is 0 Å². The van der Waals surface area contributed by atoms with Crippen molar-refractivity contribution in [3.63, 3.8) is 0 Å². The van der Waals surface area contributed by atoms with Crippen molar-refractivity contribution in [1.82, 2.24) is 0 Å². The van der Waals surface area contributed by atoms with Gasteiger partial charge in [-0.15, -0.1) is 0 Å². The van der Waals surface area contributed by atoms with Crippen molar-refractivity contribution in [3.8, 4) is 0 Å². The Morgan fingerprint density at radius 3 is 2.13 bits per heavy atom. The van der Waals surface area contributed by atoms with E-state index in [2.05, 4.69) is 54.5 Å². The third kappa shape index (κ3) is 3.28. The van der Waals surface area contributed by atoms with Crippen LogP contribution >= 0.6 is 0 Å². The van der Waals surface area contributed by atoms with Gasteiger partial charge in [0.05, 0.1) is 0 Å². The fourth-order valence-corrected chi connectivity index (χ4v) is 9.98. The zero-order valence-corrected chi connectivity index (χ0v) is 21.6. The molecule has 4 aliphatic carbocycles. The van der Waals surface area contributed by atoms with E-state index in [1.807, 2.05) is 0 Å². The van der Waals surface area contributed by atoms with Crippen molar-refractivity contribution in [3.05, 3.63) is 11.6 Å². The van der Waals surface area contributed by atoms with Crippen LogP contribution in [0.3, 0.4) is 0 Å². The zero-order chi connectivity index (χ0) is 21.8. The van der Waals surface area contributed by atoms with Crippen molar-refractivity contribution < 1.29 is 0 Å². The second kappa shape index (κ2) is 7.95. The van der Waals surface area contributed by atoms with Crippen LogP contribution in [0.25, 0.3) is 0 Å². The summed E-state index contributed by atoms with van der Waals surface area (Å²) in [6.45, 7) is 17.8. The summed E-state index contributed by atoms with van der Waals surface area (Å²) in [5.41, 5.74) is 4.11. The van der Waals surface area contributed by atoms with E-state index < -0.39 is 0 Å². The van der Waals surface area contributed by atoms with Gasteiger partial charge in [-0.25, -0.2) is 0 Å². The molecule has 0 amide bonds. The molecule has 0 bridgehead atoms. The molecule has 4 unspecified atom stereocenters. The van der Waals surface area contributed by atoms with Crippen LogP contribution in [0.5, 0.6) is 0 Å². The molecule has 4 rings (SSSR count). The maximum Gasteiger partial charge on any atom is -0.0149 e. The Hall–Kier alpha value is -0.260. The van der Waals surface area contributed by atoms with Crippen molar-refractivity contribution in [2.45, 2.75) is 132 Å². The van der Waals surface area contributed by atoms with Gasteiger partial charge in [-0.3, -0.25) is 0 Å². The Balaban J connectivity index is 1.68. The van der Waals surface area contributed by atoms with E-state index in [1.54, 1.807) is 5.57 Å². The second-order valence-corrected chi connectivity index (χ2v) is 13.3. The van der Waals surface area contributed by atoms with Crippen LogP contribution in [0.15, 0.2) is 11.6 Å². The largest absolute Gasteiger partial charge is 0.0884 e. The average molecular weight is 413 g/mol. The molecule has 0 heterocycles. The monoisotopic (exact) mass is 412 g/mol. The molecule has 0 aliphatic heterocycles. The minimum Gasteiger partial charge on any atom is -0.0884 e. The van der Waals surface area contributed by atoms with Crippen LogP contribution in [-0.2, 0) is 0 Å². The lowest BCUT2D eigenvalue weighted by Crippen LogP contribution is -2.59. The maximum atomic E-state index is 2.79. The number of hydrogen-bond acceptors (Lipinski definition) is 0. The molecule has 0 aromatic heterocycles. The van der Waals surface area contributed by atoms with E-state index in [0.717, 1.165) is 23.7 Å². The summed E-state index contributed by atoms with van der Waals surface area (Å²) < 4.78 is 0. The Bertz CT molecular complexity index is 659. The van der Waals surface area contributed by atoms with E-state index in [1.165, 1.54) is 83.5 Å². The van der Waals surface area contributed by atoms with E-state index in [9.17, 15) is 0 Å². The standard InChI is InChI=1S/C30H52/c1-8-22(4)23-12-11-13-26-28(23,6)17-15-24-25-14-16-27(5,9-2)18-20-30(25,10-3)21-19-29(24,26)7/h8,23-26H,9-21H2,1-7H3/t23-,24?,25-,26?,27+,28?,29-,30?/m1/s1. The molecule has 4 saturated carbocycles. The molecule has 0 aromatic carbocycles. The molecule has 0 heteroatoms. The van der Waals surface area contributed by atoms with Gasteiger partial charge >= 0.3 is 0 Å². The first-order valence-corrected chi connectivity index (χ1v) is 13.8. The summed E-state index contributed by atoms with van der Waals surface area (Å²) in [6.07, 6.45) is 21.8. The summed E-state index contributed by atoms with van der Waals surface area (Å²) in [5, 5.41) is 0. The second-order valence-electron chi connectivity index (χ2n) is 13.3. The lowest BCUT2D eigenvalue weighted by atomic mass is 9.38. The van der Waals surface area contributed by atoms with E-state index >= 15 is 0 Å². The lowest BCUT2D eigenvalue weighted by molar-refractivity contribution is -0.172. The summed E-state index contributed by atoms with van der Waals surface area (Å²) in [5.74, 6) is 3.79. The van der Waals surface area contributed by atoms with Crippen LogP contribution in [0.2, 0.25) is 0 Å². The molecular weight excluding hydrogens is 360 g/mol. The Morgan fingerprint density at radius 1 is 0.767 bits per heavy atom. The van der Waals surface area contributed by atoms with Crippen molar-refractivity contribution >= 4 is 0 Å². The van der Waals surface area contributed by atoms with Gasteiger partial charge in [-0.05, 0) is 123 Å². The molecule has 8 atom stereocenters. The highest BCUT2D eigenvalue weighted by atomic mass is 14.7. The van der Waals surface area contributed by atoms with Gasteiger partial charge in [0.25, 0.3) is 0 Å². The molecule has 0 radical (unpaired) electrons. The first kappa shape index (κ1) is 22.9. The van der Waals surface area contributed by atoms with Gasteiger partial charge in [0, 0.05) is 0 Å². The smallest absolute Gasteiger partial charge is 0.0149 e. The Labute approximate surface area is 189 Å². The third-order valence-corrected chi connectivity index (χ3v) is 12.5. The average Bonchev–Trinajstić information content (AvgIpc) is 2.90. The Morgan fingerprint density at radius 2 is 1.47 bits per heavy atom. The molecular formula is C30H52.